The molecule has 2 aromatic carbocycles. The molecule has 1 aliphatic rings. The summed E-state index contributed by atoms with van der Waals surface area (Å²) in [7, 11) is 0. The SMILES string of the molecule is CC(C)c1ccc(CN2CC(c3noc(-c4cccc(Cl)c4)n3)CC2=O)cc1. The Morgan fingerprint density at radius 3 is 2.71 bits per heavy atom. The van der Waals surface area contributed by atoms with Crippen LogP contribution in [-0.2, 0) is 11.3 Å². The van der Waals surface area contributed by atoms with Crippen molar-refractivity contribution < 1.29 is 9.32 Å². The predicted octanol–water partition coefficient (Wildman–Crippen LogP) is 5.03. The first-order chi connectivity index (χ1) is 13.5. The molecule has 0 bridgehead atoms. The summed E-state index contributed by atoms with van der Waals surface area (Å²) in [5, 5.41) is 4.72. The molecule has 1 fully saturated rings. The third-order valence-electron chi connectivity index (χ3n) is 5.11. The highest BCUT2D eigenvalue weighted by Crippen LogP contribution is 2.30. The minimum Gasteiger partial charge on any atom is -0.338 e. The van der Waals surface area contributed by atoms with Crippen LogP contribution in [0.25, 0.3) is 11.5 Å². The number of carbonyl (C=O) groups excluding carboxylic acids is 1. The largest absolute Gasteiger partial charge is 0.338 e. The third-order valence-corrected chi connectivity index (χ3v) is 5.35. The van der Waals surface area contributed by atoms with Crippen LogP contribution in [0.15, 0.2) is 53.1 Å². The highest BCUT2D eigenvalue weighted by atomic mass is 35.5. The molecule has 1 aromatic heterocycles. The molecular weight excluding hydrogens is 374 g/mol. The fraction of sp³-hybridized carbons (Fsp3) is 0.318. The van der Waals surface area contributed by atoms with Gasteiger partial charge >= 0.3 is 0 Å². The molecule has 1 atom stereocenters. The molecule has 144 valence electrons. The summed E-state index contributed by atoms with van der Waals surface area (Å²) in [5.41, 5.74) is 3.21. The number of nitrogens with zero attached hydrogens (tertiary/aromatic N) is 3. The van der Waals surface area contributed by atoms with E-state index in [1.165, 1.54) is 5.56 Å². The van der Waals surface area contributed by atoms with Crippen molar-refractivity contribution in [2.75, 3.05) is 6.54 Å². The molecule has 1 saturated heterocycles. The van der Waals surface area contributed by atoms with Gasteiger partial charge in [0.05, 0.1) is 0 Å². The summed E-state index contributed by atoms with van der Waals surface area (Å²) < 4.78 is 5.39. The van der Waals surface area contributed by atoms with Gasteiger partial charge in [0, 0.05) is 36.0 Å². The van der Waals surface area contributed by atoms with Crippen LogP contribution >= 0.6 is 11.6 Å². The Labute approximate surface area is 169 Å². The summed E-state index contributed by atoms with van der Waals surface area (Å²) in [5.74, 6) is 1.55. The minimum absolute atomic E-state index is 0.0564. The van der Waals surface area contributed by atoms with Gasteiger partial charge in [0.15, 0.2) is 5.82 Å². The summed E-state index contributed by atoms with van der Waals surface area (Å²) in [6.07, 6.45) is 0.401. The molecule has 0 N–H and O–H groups in total. The van der Waals surface area contributed by atoms with Crippen molar-refractivity contribution in [3.05, 3.63) is 70.5 Å². The monoisotopic (exact) mass is 395 g/mol. The van der Waals surface area contributed by atoms with Gasteiger partial charge in [0.25, 0.3) is 5.89 Å². The molecule has 1 aliphatic heterocycles. The van der Waals surface area contributed by atoms with Gasteiger partial charge in [0.1, 0.15) is 0 Å². The zero-order chi connectivity index (χ0) is 19.7. The molecule has 1 amide bonds. The molecule has 0 spiro atoms. The summed E-state index contributed by atoms with van der Waals surface area (Å²) in [4.78, 5) is 18.8. The molecular formula is C22H22ClN3O2. The number of benzene rings is 2. The van der Waals surface area contributed by atoms with Crippen molar-refractivity contribution in [1.82, 2.24) is 15.0 Å². The lowest BCUT2D eigenvalue weighted by Crippen LogP contribution is -2.24. The third kappa shape index (κ3) is 3.94. The van der Waals surface area contributed by atoms with Crippen molar-refractivity contribution >= 4 is 17.5 Å². The summed E-state index contributed by atoms with van der Waals surface area (Å²) >= 11 is 6.03. The van der Waals surface area contributed by atoms with Crippen LogP contribution < -0.4 is 0 Å². The minimum atomic E-state index is -0.0564. The van der Waals surface area contributed by atoms with Crippen molar-refractivity contribution in [1.29, 1.82) is 0 Å². The van der Waals surface area contributed by atoms with Crippen molar-refractivity contribution in [2.45, 2.75) is 38.6 Å². The number of hydrogen-bond acceptors (Lipinski definition) is 4. The van der Waals surface area contributed by atoms with Crippen LogP contribution in [0.1, 0.15) is 49.1 Å². The van der Waals surface area contributed by atoms with Gasteiger partial charge in [-0.25, -0.2) is 0 Å². The van der Waals surface area contributed by atoms with E-state index >= 15 is 0 Å². The molecule has 28 heavy (non-hydrogen) atoms. The Hall–Kier alpha value is -2.66. The Kier molecular flexibility index (Phi) is 5.18. The zero-order valence-corrected chi connectivity index (χ0v) is 16.7. The van der Waals surface area contributed by atoms with Gasteiger partial charge in [-0.3, -0.25) is 4.79 Å². The van der Waals surface area contributed by atoms with E-state index in [1.807, 2.05) is 17.0 Å². The van der Waals surface area contributed by atoms with Crippen LogP contribution in [0, 0.1) is 0 Å². The predicted molar refractivity (Wildman–Crippen MR) is 108 cm³/mol. The Morgan fingerprint density at radius 2 is 2.00 bits per heavy atom. The second-order valence-electron chi connectivity index (χ2n) is 7.54. The zero-order valence-electron chi connectivity index (χ0n) is 15.9. The van der Waals surface area contributed by atoms with Gasteiger partial charge in [0.2, 0.25) is 5.91 Å². The van der Waals surface area contributed by atoms with Crippen LogP contribution in [0.4, 0.5) is 0 Å². The lowest BCUT2D eigenvalue weighted by atomic mass is 10.0. The van der Waals surface area contributed by atoms with Gasteiger partial charge in [-0.05, 0) is 35.2 Å². The number of halogens is 1. The highest BCUT2D eigenvalue weighted by molar-refractivity contribution is 6.30. The van der Waals surface area contributed by atoms with E-state index in [0.29, 0.717) is 42.2 Å². The fourth-order valence-electron chi connectivity index (χ4n) is 3.47. The molecule has 4 rings (SSSR count). The van der Waals surface area contributed by atoms with Crippen molar-refractivity contribution in [3.8, 4) is 11.5 Å². The quantitative estimate of drug-likeness (QED) is 0.608. The molecule has 0 saturated carbocycles. The van der Waals surface area contributed by atoms with E-state index in [4.69, 9.17) is 16.1 Å². The average Bonchev–Trinajstić information content (AvgIpc) is 3.30. The first kappa shape index (κ1) is 18.7. The lowest BCUT2D eigenvalue weighted by Gasteiger charge is -2.16. The van der Waals surface area contributed by atoms with E-state index in [9.17, 15) is 4.79 Å². The van der Waals surface area contributed by atoms with E-state index in [1.54, 1.807) is 12.1 Å². The number of hydrogen-bond donors (Lipinski definition) is 0. The van der Waals surface area contributed by atoms with E-state index in [-0.39, 0.29) is 11.8 Å². The van der Waals surface area contributed by atoms with E-state index < -0.39 is 0 Å². The second-order valence-corrected chi connectivity index (χ2v) is 7.98. The maximum Gasteiger partial charge on any atom is 0.257 e. The number of likely N-dealkylation sites (tertiary alicyclic amines) is 1. The highest BCUT2D eigenvalue weighted by Gasteiger charge is 2.33. The maximum absolute atomic E-state index is 12.5. The molecule has 0 radical (unpaired) electrons. The Morgan fingerprint density at radius 1 is 1.21 bits per heavy atom. The molecule has 6 heteroatoms. The van der Waals surface area contributed by atoms with Gasteiger partial charge in [-0.1, -0.05) is 60.9 Å². The van der Waals surface area contributed by atoms with Crippen LogP contribution in [0.3, 0.4) is 0 Å². The number of carbonyl (C=O) groups is 1. The van der Waals surface area contributed by atoms with Crippen molar-refractivity contribution in [3.63, 3.8) is 0 Å². The van der Waals surface area contributed by atoms with Crippen LogP contribution in [0.2, 0.25) is 5.02 Å². The van der Waals surface area contributed by atoms with Crippen LogP contribution in [0.5, 0.6) is 0 Å². The van der Waals surface area contributed by atoms with Gasteiger partial charge in [-0.15, -0.1) is 0 Å². The lowest BCUT2D eigenvalue weighted by molar-refractivity contribution is -0.128. The van der Waals surface area contributed by atoms with Crippen molar-refractivity contribution in [2.24, 2.45) is 0 Å². The smallest absolute Gasteiger partial charge is 0.257 e. The van der Waals surface area contributed by atoms with Gasteiger partial charge in [-0.2, -0.15) is 4.98 Å². The van der Waals surface area contributed by atoms with E-state index in [2.05, 4.69) is 48.3 Å². The Balaban J connectivity index is 1.45. The molecule has 0 aliphatic carbocycles. The number of rotatable bonds is 5. The molecule has 1 unspecified atom stereocenters. The normalized spacial score (nSPS) is 16.9. The summed E-state index contributed by atoms with van der Waals surface area (Å²) in [6.45, 7) is 5.55. The number of amides is 1. The van der Waals surface area contributed by atoms with Crippen LogP contribution in [-0.4, -0.2) is 27.5 Å². The number of aromatic nitrogens is 2. The molecule has 2 heterocycles. The van der Waals surface area contributed by atoms with E-state index in [0.717, 1.165) is 11.1 Å². The topological polar surface area (TPSA) is 59.2 Å². The molecule has 3 aromatic rings. The Bertz CT molecular complexity index is 981. The first-order valence-electron chi connectivity index (χ1n) is 9.46. The average molecular weight is 396 g/mol. The standard InChI is InChI=1S/C22H22ClN3O2/c1-14(2)16-8-6-15(7-9-16)12-26-13-18(11-20(26)27)21-24-22(28-25-21)17-4-3-5-19(23)10-17/h3-10,14,18H,11-13H2,1-2H3. The van der Waals surface area contributed by atoms with Gasteiger partial charge < -0.3 is 9.42 Å². The second kappa shape index (κ2) is 7.76. The maximum atomic E-state index is 12.5. The first-order valence-corrected chi connectivity index (χ1v) is 9.83. The summed E-state index contributed by atoms with van der Waals surface area (Å²) in [6, 6.07) is 15.8. The fourth-order valence-corrected chi connectivity index (χ4v) is 3.66. The molecule has 5 nitrogen and oxygen atoms in total.